The number of hydrogen-bond donors (Lipinski definition) is 1. The van der Waals surface area contributed by atoms with E-state index >= 15 is 0 Å². The second kappa shape index (κ2) is 14.0. The van der Waals surface area contributed by atoms with E-state index in [4.69, 9.17) is 4.74 Å². The summed E-state index contributed by atoms with van der Waals surface area (Å²) in [5.74, 6) is -0.279. The van der Waals surface area contributed by atoms with Crippen LogP contribution in [0.5, 0.6) is 0 Å². The summed E-state index contributed by atoms with van der Waals surface area (Å²) in [6, 6.07) is 15.9. The number of anilines is 1. The van der Waals surface area contributed by atoms with Crippen LogP contribution in [0.3, 0.4) is 0 Å². The molecule has 0 saturated carbocycles. The van der Waals surface area contributed by atoms with E-state index in [2.05, 4.69) is 35.5 Å². The average molecular weight is 433 g/mol. The fraction of sp³-hybridized carbons (Fsp3) is 0.321. The van der Waals surface area contributed by atoms with E-state index in [1.165, 1.54) is 0 Å². The summed E-state index contributed by atoms with van der Waals surface area (Å²) in [6.45, 7) is 15.7. The van der Waals surface area contributed by atoms with Crippen LogP contribution in [0, 0.1) is 0 Å². The van der Waals surface area contributed by atoms with Crippen LogP contribution in [-0.2, 0) is 17.8 Å². The minimum Gasteiger partial charge on any atom is -0.457 e. The van der Waals surface area contributed by atoms with E-state index in [0.29, 0.717) is 5.56 Å². The van der Waals surface area contributed by atoms with Gasteiger partial charge in [0.05, 0.1) is 5.56 Å². The number of carbonyl (C=O) groups excluding carboxylic acids is 1. The molecule has 3 rings (SSSR count). The standard InChI is InChI=1S/C26H30N2O2.C2H6/c1-3-8-21(4-2)11-12-23-13-14-24(28-17-15-27-16-18-28)19-25(23)26(29)30-20-22-9-6-5-7-10-22;1-2/h3-10,13-14,19,27H,1-2,11-12,15-18,20H2;1-2H3/b21-8+;. The highest BCUT2D eigenvalue weighted by molar-refractivity contribution is 5.92. The molecule has 4 heteroatoms. The molecule has 0 atom stereocenters. The van der Waals surface area contributed by atoms with Gasteiger partial charge in [0.2, 0.25) is 0 Å². The van der Waals surface area contributed by atoms with Crippen molar-refractivity contribution < 1.29 is 9.53 Å². The van der Waals surface area contributed by atoms with Crippen LogP contribution in [0.2, 0.25) is 0 Å². The monoisotopic (exact) mass is 432 g/mol. The van der Waals surface area contributed by atoms with E-state index in [9.17, 15) is 4.79 Å². The maximum atomic E-state index is 13.0. The molecule has 1 heterocycles. The molecular formula is C28H36N2O2. The van der Waals surface area contributed by atoms with Crippen molar-refractivity contribution in [3.63, 3.8) is 0 Å². The van der Waals surface area contributed by atoms with Crippen LogP contribution in [0.4, 0.5) is 5.69 Å². The molecule has 32 heavy (non-hydrogen) atoms. The highest BCUT2D eigenvalue weighted by Gasteiger charge is 2.18. The molecule has 1 N–H and O–H groups in total. The molecule has 0 aliphatic carbocycles. The molecule has 0 aromatic heterocycles. The first kappa shape index (κ1) is 25.2. The molecule has 0 unspecified atom stereocenters. The molecule has 2 aromatic carbocycles. The predicted octanol–water partition coefficient (Wildman–Crippen LogP) is 5.71. The van der Waals surface area contributed by atoms with Crippen LogP contribution < -0.4 is 10.2 Å². The molecule has 0 amide bonds. The fourth-order valence-corrected chi connectivity index (χ4v) is 3.58. The van der Waals surface area contributed by atoms with Gasteiger partial charge in [-0.05, 0) is 41.7 Å². The summed E-state index contributed by atoms with van der Waals surface area (Å²) in [6.07, 6.45) is 7.09. The normalized spacial score (nSPS) is 13.6. The zero-order valence-electron chi connectivity index (χ0n) is 19.5. The van der Waals surface area contributed by atoms with Gasteiger partial charge >= 0.3 is 5.97 Å². The van der Waals surface area contributed by atoms with Crippen LogP contribution in [0.15, 0.2) is 85.5 Å². The van der Waals surface area contributed by atoms with E-state index in [-0.39, 0.29) is 12.6 Å². The molecule has 0 bridgehead atoms. The Morgan fingerprint density at radius 1 is 1.09 bits per heavy atom. The van der Waals surface area contributed by atoms with E-state index in [0.717, 1.165) is 61.4 Å². The number of piperazine rings is 1. The molecule has 1 aliphatic rings. The Labute approximate surface area is 193 Å². The second-order valence-corrected chi connectivity index (χ2v) is 7.32. The van der Waals surface area contributed by atoms with Crippen molar-refractivity contribution >= 4 is 11.7 Å². The van der Waals surface area contributed by atoms with Crippen molar-refractivity contribution in [1.29, 1.82) is 0 Å². The van der Waals surface area contributed by atoms with Crippen LogP contribution in [0.25, 0.3) is 0 Å². The number of rotatable bonds is 9. The third-order valence-electron chi connectivity index (χ3n) is 5.29. The first-order chi connectivity index (χ1) is 15.7. The van der Waals surface area contributed by atoms with E-state index in [1.807, 2.05) is 62.4 Å². The van der Waals surface area contributed by atoms with E-state index < -0.39 is 0 Å². The van der Waals surface area contributed by atoms with Gasteiger partial charge in [-0.15, -0.1) is 0 Å². The van der Waals surface area contributed by atoms with Gasteiger partial charge in [-0.2, -0.15) is 0 Å². The number of nitrogens with one attached hydrogen (secondary N) is 1. The summed E-state index contributed by atoms with van der Waals surface area (Å²) >= 11 is 0. The number of allylic oxidation sites excluding steroid dienone is 4. The lowest BCUT2D eigenvalue weighted by Gasteiger charge is -2.30. The number of ether oxygens (including phenoxy) is 1. The lowest BCUT2D eigenvalue weighted by molar-refractivity contribution is 0.0471. The Balaban J connectivity index is 0.00000176. The van der Waals surface area contributed by atoms with Gasteiger partial charge in [0, 0.05) is 31.9 Å². The minimum atomic E-state index is -0.279. The van der Waals surface area contributed by atoms with Crippen LogP contribution >= 0.6 is 0 Å². The van der Waals surface area contributed by atoms with Crippen LogP contribution in [0.1, 0.15) is 41.8 Å². The number of carbonyl (C=O) groups is 1. The Kier molecular flexibility index (Phi) is 11.0. The quantitative estimate of drug-likeness (QED) is 0.407. The molecule has 1 fully saturated rings. The third-order valence-corrected chi connectivity index (χ3v) is 5.29. The second-order valence-electron chi connectivity index (χ2n) is 7.32. The molecule has 4 nitrogen and oxygen atoms in total. The summed E-state index contributed by atoms with van der Waals surface area (Å²) < 4.78 is 5.66. The number of esters is 1. The molecule has 2 aromatic rings. The lowest BCUT2D eigenvalue weighted by atomic mass is 9.98. The average Bonchev–Trinajstić information content (AvgIpc) is 2.87. The minimum absolute atomic E-state index is 0.269. The molecule has 170 valence electrons. The number of nitrogens with zero attached hydrogens (tertiary/aromatic N) is 1. The molecule has 0 radical (unpaired) electrons. The Bertz CT molecular complexity index is 897. The molecule has 0 spiro atoms. The molecule has 1 saturated heterocycles. The van der Waals surface area contributed by atoms with Crippen molar-refractivity contribution in [2.75, 3.05) is 31.1 Å². The number of benzene rings is 2. The highest BCUT2D eigenvalue weighted by Crippen LogP contribution is 2.24. The van der Waals surface area contributed by atoms with Gasteiger partial charge in [-0.25, -0.2) is 4.79 Å². The summed E-state index contributed by atoms with van der Waals surface area (Å²) in [4.78, 5) is 15.3. The SMILES string of the molecule is C=C/C=C(\C=C)CCc1ccc(N2CCNCC2)cc1C(=O)OCc1ccccc1.CC. The largest absolute Gasteiger partial charge is 0.457 e. The molecule has 1 aliphatic heterocycles. The summed E-state index contributed by atoms with van der Waals surface area (Å²) in [7, 11) is 0. The van der Waals surface area contributed by atoms with Crippen molar-refractivity contribution in [3.05, 3.63) is 102 Å². The summed E-state index contributed by atoms with van der Waals surface area (Å²) in [5, 5.41) is 3.37. The number of hydrogen-bond acceptors (Lipinski definition) is 4. The van der Waals surface area contributed by atoms with Crippen molar-refractivity contribution in [3.8, 4) is 0 Å². The highest BCUT2D eigenvalue weighted by atomic mass is 16.5. The Morgan fingerprint density at radius 2 is 1.81 bits per heavy atom. The zero-order valence-corrected chi connectivity index (χ0v) is 19.5. The predicted molar refractivity (Wildman–Crippen MR) is 135 cm³/mol. The zero-order chi connectivity index (χ0) is 23.2. The van der Waals surface area contributed by atoms with Crippen molar-refractivity contribution in [1.82, 2.24) is 5.32 Å². The fourth-order valence-electron chi connectivity index (χ4n) is 3.58. The van der Waals surface area contributed by atoms with Gasteiger partial charge < -0.3 is 15.0 Å². The van der Waals surface area contributed by atoms with E-state index in [1.54, 1.807) is 6.08 Å². The van der Waals surface area contributed by atoms with Crippen molar-refractivity contribution in [2.24, 2.45) is 0 Å². The first-order valence-electron chi connectivity index (χ1n) is 11.4. The van der Waals surface area contributed by atoms with Gasteiger partial charge in [-0.1, -0.05) is 81.6 Å². The maximum Gasteiger partial charge on any atom is 0.338 e. The maximum absolute atomic E-state index is 13.0. The van der Waals surface area contributed by atoms with Gasteiger partial charge in [-0.3, -0.25) is 0 Å². The molecular weight excluding hydrogens is 396 g/mol. The van der Waals surface area contributed by atoms with Gasteiger partial charge in [0.15, 0.2) is 0 Å². The summed E-state index contributed by atoms with van der Waals surface area (Å²) in [5.41, 5.74) is 4.78. The number of aryl methyl sites for hydroxylation is 1. The topological polar surface area (TPSA) is 41.6 Å². The van der Waals surface area contributed by atoms with Crippen molar-refractivity contribution in [2.45, 2.75) is 33.3 Å². The van der Waals surface area contributed by atoms with Gasteiger partial charge in [0.1, 0.15) is 6.61 Å². The third kappa shape index (κ3) is 7.54. The van der Waals surface area contributed by atoms with Gasteiger partial charge in [0.25, 0.3) is 0 Å². The Morgan fingerprint density at radius 3 is 2.47 bits per heavy atom. The van der Waals surface area contributed by atoms with Crippen LogP contribution in [-0.4, -0.2) is 32.1 Å². The Hall–Kier alpha value is -3.11. The first-order valence-corrected chi connectivity index (χ1v) is 11.4. The smallest absolute Gasteiger partial charge is 0.338 e. The lowest BCUT2D eigenvalue weighted by Crippen LogP contribution is -2.43.